The molecule has 19 heteroatoms. The SMILES string of the molecule is CCOc1nc(N)nc2c1ncn2[C@@H]1O[C@H](CO[P@](=S)(N[C@H](C)C(=O)OC(C)C)OCCSC(=O)C(C)(C)C)[C@@H](O)[C@@]1(F)Cl. The van der Waals surface area contributed by atoms with E-state index in [1.54, 1.807) is 41.5 Å². The van der Waals surface area contributed by atoms with Gasteiger partial charge < -0.3 is 34.1 Å². The van der Waals surface area contributed by atoms with E-state index in [-0.39, 0.29) is 53.2 Å². The lowest BCUT2D eigenvalue weighted by molar-refractivity contribution is -0.149. The minimum Gasteiger partial charge on any atom is -0.476 e. The Morgan fingerprint density at radius 3 is 2.64 bits per heavy atom. The van der Waals surface area contributed by atoms with E-state index < -0.39 is 54.2 Å². The molecule has 3 rings (SSSR count). The molecular weight excluding hydrogens is 662 g/mol. The molecule has 0 radical (unpaired) electrons. The highest BCUT2D eigenvalue weighted by Gasteiger charge is 2.58. The number of imidazole rings is 1. The van der Waals surface area contributed by atoms with Crippen LogP contribution in [0.1, 0.15) is 54.7 Å². The Labute approximate surface area is 269 Å². The monoisotopic (exact) mass is 700 g/mol. The molecular formula is C25H39ClFN6O8PS2. The minimum absolute atomic E-state index is 0.00765. The number of aromatic nitrogens is 4. The average molecular weight is 701 g/mol. The van der Waals surface area contributed by atoms with Crippen LogP contribution < -0.4 is 15.6 Å². The number of aliphatic hydroxyl groups is 1. The van der Waals surface area contributed by atoms with Gasteiger partial charge in [0.05, 0.1) is 32.3 Å². The van der Waals surface area contributed by atoms with E-state index in [9.17, 15) is 14.7 Å². The summed E-state index contributed by atoms with van der Waals surface area (Å²) in [7, 11) is 0. The van der Waals surface area contributed by atoms with Gasteiger partial charge in [-0.1, -0.05) is 44.1 Å². The summed E-state index contributed by atoms with van der Waals surface area (Å²) in [6.07, 6.45) is -4.02. The molecule has 1 saturated heterocycles. The number of nitrogens with zero attached hydrogens (tertiary/aromatic N) is 4. The molecule has 248 valence electrons. The zero-order valence-electron chi connectivity index (χ0n) is 25.5. The summed E-state index contributed by atoms with van der Waals surface area (Å²) in [6, 6.07) is -0.940. The lowest BCUT2D eigenvalue weighted by atomic mass is 10.00. The van der Waals surface area contributed by atoms with Crippen molar-refractivity contribution in [2.75, 3.05) is 31.3 Å². The van der Waals surface area contributed by atoms with Gasteiger partial charge >= 0.3 is 5.97 Å². The van der Waals surface area contributed by atoms with E-state index in [0.717, 1.165) is 11.8 Å². The Morgan fingerprint density at radius 2 is 2.02 bits per heavy atom. The minimum atomic E-state index is -3.51. The van der Waals surface area contributed by atoms with Crippen molar-refractivity contribution in [2.45, 2.75) is 84.2 Å². The third-order valence-corrected chi connectivity index (χ3v) is 10.3. The molecule has 1 aliphatic heterocycles. The van der Waals surface area contributed by atoms with Crippen molar-refractivity contribution in [2.24, 2.45) is 5.41 Å². The summed E-state index contributed by atoms with van der Waals surface area (Å²) in [5.41, 5.74) is 5.51. The summed E-state index contributed by atoms with van der Waals surface area (Å²) < 4.78 is 45.3. The molecule has 0 amide bonds. The van der Waals surface area contributed by atoms with Gasteiger partial charge in [0.25, 0.3) is 11.8 Å². The van der Waals surface area contributed by atoms with E-state index >= 15 is 4.39 Å². The largest absolute Gasteiger partial charge is 0.476 e. The Balaban J connectivity index is 1.78. The number of nitrogen functional groups attached to an aromatic ring is 1. The maximum Gasteiger partial charge on any atom is 0.323 e. The molecule has 0 aliphatic carbocycles. The van der Waals surface area contributed by atoms with Crippen LogP contribution in [0.4, 0.5) is 10.3 Å². The maximum atomic E-state index is 15.9. The van der Waals surface area contributed by atoms with E-state index in [4.69, 9.17) is 52.4 Å². The van der Waals surface area contributed by atoms with Crippen molar-refractivity contribution in [1.29, 1.82) is 0 Å². The number of alkyl halides is 2. The summed E-state index contributed by atoms with van der Waals surface area (Å²) in [5.74, 6) is -0.412. The van der Waals surface area contributed by atoms with E-state index in [1.165, 1.54) is 17.8 Å². The van der Waals surface area contributed by atoms with Gasteiger partial charge in [0, 0.05) is 11.2 Å². The summed E-state index contributed by atoms with van der Waals surface area (Å²) in [4.78, 5) is 37.1. The van der Waals surface area contributed by atoms with Crippen LogP contribution in [0, 0.1) is 5.41 Å². The van der Waals surface area contributed by atoms with E-state index in [1.807, 2.05) is 0 Å². The van der Waals surface area contributed by atoms with E-state index in [0.29, 0.717) is 0 Å². The molecule has 14 nitrogen and oxygen atoms in total. The predicted molar refractivity (Wildman–Crippen MR) is 167 cm³/mol. The number of ether oxygens (including phenoxy) is 3. The van der Waals surface area contributed by atoms with Crippen molar-refractivity contribution in [1.82, 2.24) is 24.6 Å². The number of carbonyl (C=O) groups excluding carboxylic acids is 2. The lowest BCUT2D eigenvalue weighted by Gasteiger charge is -2.28. The number of fused-ring (bicyclic) bond motifs is 1. The number of nitrogens with two attached hydrogens (primary N) is 1. The van der Waals surface area contributed by atoms with Gasteiger partial charge in [-0.05, 0) is 39.5 Å². The topological polar surface area (TPSA) is 182 Å². The van der Waals surface area contributed by atoms with Crippen LogP contribution in [0.2, 0.25) is 0 Å². The molecule has 6 atom stereocenters. The Hall–Kier alpha value is -1.69. The first-order chi connectivity index (χ1) is 20.4. The Morgan fingerprint density at radius 1 is 1.34 bits per heavy atom. The number of hydrogen-bond donors (Lipinski definition) is 3. The molecule has 0 bridgehead atoms. The quantitative estimate of drug-likeness (QED) is 0.113. The third-order valence-electron chi connectivity index (χ3n) is 5.98. The molecule has 4 N–H and O–H groups in total. The van der Waals surface area contributed by atoms with Crippen molar-refractivity contribution in [3.8, 4) is 5.88 Å². The molecule has 0 spiro atoms. The first kappa shape index (κ1) is 36.8. The first-order valence-corrected chi connectivity index (χ1v) is 17.8. The van der Waals surface area contributed by atoms with Gasteiger partial charge in [-0.3, -0.25) is 14.2 Å². The molecule has 3 heterocycles. The first-order valence-electron chi connectivity index (χ1n) is 13.8. The number of hydrogen-bond acceptors (Lipinski definition) is 14. The Bertz CT molecular complexity index is 1380. The molecule has 1 aliphatic rings. The van der Waals surface area contributed by atoms with Gasteiger partial charge in [-0.25, -0.2) is 14.5 Å². The standard InChI is InChI=1S/C25H39ClFN6O8PS2/c1-8-37-19-16-18(30-23(28)31-19)33(12-29-16)21-25(26,27)17(34)15(41-21)11-39-42(43,32-14(4)20(35)40-13(2)3)38-9-10-44-22(36)24(5,6)7/h12-15,17,21,34H,8-11H2,1-7H3,(H,32,43)(H2,28,30,31)/t14-,15-,17-,21-,25+,42+/m1/s1. The van der Waals surface area contributed by atoms with Crippen LogP contribution in [0.3, 0.4) is 0 Å². The average Bonchev–Trinajstić information content (AvgIpc) is 3.42. The maximum absolute atomic E-state index is 15.9. The molecule has 2 aromatic rings. The second kappa shape index (κ2) is 14.8. The molecule has 0 aromatic carbocycles. The van der Waals surface area contributed by atoms with Crippen molar-refractivity contribution in [3.05, 3.63) is 6.33 Å². The summed E-state index contributed by atoms with van der Waals surface area (Å²) >= 11 is 12.9. The molecule has 1 fully saturated rings. The molecule has 2 aromatic heterocycles. The number of thioether (sulfide) groups is 1. The Kier molecular flexibility index (Phi) is 12.4. The van der Waals surface area contributed by atoms with Crippen LogP contribution in [-0.2, 0) is 39.9 Å². The predicted octanol–water partition coefficient (Wildman–Crippen LogP) is 3.46. The highest BCUT2D eigenvalue weighted by atomic mass is 35.5. The number of nitrogens with one attached hydrogen (secondary N) is 1. The fourth-order valence-corrected chi connectivity index (χ4v) is 7.40. The summed E-state index contributed by atoms with van der Waals surface area (Å²) in [5, 5.41) is 10.8. The third kappa shape index (κ3) is 8.97. The van der Waals surface area contributed by atoms with E-state index in [2.05, 4.69) is 20.0 Å². The fraction of sp³-hybridized carbons (Fsp3) is 0.720. The zero-order valence-corrected chi connectivity index (χ0v) is 28.8. The highest BCUT2D eigenvalue weighted by molar-refractivity contribution is 8.13. The number of halogens is 2. The van der Waals surface area contributed by atoms with Gasteiger partial charge in [0.2, 0.25) is 11.8 Å². The number of rotatable bonds is 14. The number of carbonyl (C=O) groups is 2. The second-order valence-electron chi connectivity index (χ2n) is 11.1. The number of anilines is 1. The van der Waals surface area contributed by atoms with Crippen LogP contribution in [0.25, 0.3) is 11.2 Å². The van der Waals surface area contributed by atoms with Crippen LogP contribution in [0.5, 0.6) is 5.88 Å². The van der Waals surface area contributed by atoms with Gasteiger partial charge in [0.15, 0.2) is 22.5 Å². The number of esters is 1. The summed E-state index contributed by atoms with van der Waals surface area (Å²) in [6.45, 7) is 8.33. The molecule has 0 saturated carbocycles. The van der Waals surface area contributed by atoms with Crippen LogP contribution >= 0.6 is 30.0 Å². The molecule has 44 heavy (non-hydrogen) atoms. The second-order valence-corrected chi connectivity index (χ2v) is 16.0. The van der Waals surface area contributed by atoms with Crippen molar-refractivity contribution in [3.63, 3.8) is 0 Å². The van der Waals surface area contributed by atoms with Gasteiger partial charge in [0.1, 0.15) is 18.2 Å². The zero-order chi connectivity index (χ0) is 33.0. The normalized spacial score (nSPS) is 24.4. The smallest absolute Gasteiger partial charge is 0.323 e. The van der Waals surface area contributed by atoms with Crippen molar-refractivity contribution >= 4 is 70.0 Å². The molecule has 0 unspecified atom stereocenters. The van der Waals surface area contributed by atoms with Crippen LogP contribution in [-0.4, -0.2) is 90.8 Å². The van der Waals surface area contributed by atoms with Gasteiger partial charge in [-0.2, -0.15) is 9.97 Å². The lowest BCUT2D eigenvalue weighted by Crippen LogP contribution is -2.39. The number of aliphatic hydroxyl groups excluding tert-OH is 1. The van der Waals surface area contributed by atoms with Crippen molar-refractivity contribution < 1.29 is 42.3 Å². The van der Waals surface area contributed by atoms with Crippen LogP contribution in [0.15, 0.2) is 6.33 Å². The highest BCUT2D eigenvalue weighted by Crippen LogP contribution is 2.49. The van der Waals surface area contributed by atoms with Gasteiger partial charge in [-0.15, -0.1) is 0 Å². The fourth-order valence-electron chi connectivity index (χ4n) is 3.84.